The van der Waals surface area contributed by atoms with Crippen LogP contribution in [0.3, 0.4) is 0 Å². The van der Waals surface area contributed by atoms with Gasteiger partial charge in [-0.15, -0.1) is 0 Å². The molecule has 1 aromatic rings. The van der Waals surface area contributed by atoms with Crippen molar-refractivity contribution in [2.75, 3.05) is 13.2 Å². The van der Waals surface area contributed by atoms with Crippen molar-refractivity contribution in [2.24, 2.45) is 5.92 Å². The van der Waals surface area contributed by atoms with Gasteiger partial charge in [0.15, 0.2) is 0 Å². The van der Waals surface area contributed by atoms with E-state index in [1.54, 1.807) is 12.1 Å². The lowest BCUT2D eigenvalue weighted by Gasteiger charge is -2.22. The van der Waals surface area contributed by atoms with Crippen LogP contribution >= 0.6 is 0 Å². The molecule has 3 atom stereocenters. The van der Waals surface area contributed by atoms with Gasteiger partial charge in [0.1, 0.15) is 5.82 Å². The molecular formula is C16H24FNO. The lowest BCUT2D eigenvalue weighted by atomic mass is 9.98. The Morgan fingerprint density at radius 3 is 2.95 bits per heavy atom. The van der Waals surface area contributed by atoms with E-state index in [9.17, 15) is 4.39 Å². The highest BCUT2D eigenvalue weighted by molar-refractivity contribution is 5.20. The summed E-state index contributed by atoms with van der Waals surface area (Å²) in [5.41, 5.74) is 1.04. The lowest BCUT2D eigenvalue weighted by Crippen LogP contribution is -2.31. The quantitative estimate of drug-likeness (QED) is 0.847. The molecule has 1 aliphatic rings. The van der Waals surface area contributed by atoms with Crippen LogP contribution in [0.4, 0.5) is 4.39 Å². The zero-order valence-electron chi connectivity index (χ0n) is 11.9. The normalized spacial score (nSPS) is 24.6. The van der Waals surface area contributed by atoms with E-state index in [0.29, 0.717) is 12.0 Å². The molecule has 2 rings (SSSR count). The molecule has 0 aliphatic carbocycles. The molecule has 0 bridgehead atoms. The number of nitrogens with one attached hydrogen (secondary N) is 1. The molecule has 1 aromatic carbocycles. The predicted octanol–water partition coefficient (Wildman–Crippen LogP) is 3.68. The largest absolute Gasteiger partial charge is 0.378 e. The van der Waals surface area contributed by atoms with Crippen molar-refractivity contribution in [2.45, 2.75) is 45.3 Å². The van der Waals surface area contributed by atoms with E-state index in [4.69, 9.17) is 4.74 Å². The van der Waals surface area contributed by atoms with Crippen LogP contribution in [-0.2, 0) is 4.74 Å². The van der Waals surface area contributed by atoms with Gasteiger partial charge in [0.05, 0.1) is 6.10 Å². The average Bonchev–Trinajstić information content (AvgIpc) is 2.87. The molecule has 106 valence electrons. The molecule has 0 spiro atoms. The summed E-state index contributed by atoms with van der Waals surface area (Å²) in [6.45, 7) is 6.13. The molecule has 1 fully saturated rings. The first-order valence-electron chi connectivity index (χ1n) is 7.35. The van der Waals surface area contributed by atoms with E-state index in [1.807, 2.05) is 6.07 Å². The van der Waals surface area contributed by atoms with Gasteiger partial charge in [0.25, 0.3) is 0 Å². The molecule has 1 N–H and O–H groups in total. The van der Waals surface area contributed by atoms with Crippen molar-refractivity contribution in [3.05, 3.63) is 35.6 Å². The van der Waals surface area contributed by atoms with E-state index < -0.39 is 0 Å². The summed E-state index contributed by atoms with van der Waals surface area (Å²) in [5, 5.41) is 3.57. The zero-order chi connectivity index (χ0) is 13.7. The molecule has 2 nitrogen and oxygen atoms in total. The molecule has 1 heterocycles. The third kappa shape index (κ3) is 3.77. The van der Waals surface area contributed by atoms with Crippen molar-refractivity contribution < 1.29 is 9.13 Å². The smallest absolute Gasteiger partial charge is 0.123 e. The summed E-state index contributed by atoms with van der Waals surface area (Å²) in [7, 11) is 0. The molecule has 0 saturated carbocycles. The molecule has 3 unspecified atom stereocenters. The van der Waals surface area contributed by atoms with Gasteiger partial charge in [-0.1, -0.05) is 26.0 Å². The van der Waals surface area contributed by atoms with Gasteiger partial charge in [-0.25, -0.2) is 4.39 Å². The fourth-order valence-electron chi connectivity index (χ4n) is 2.89. The highest BCUT2D eigenvalue weighted by Gasteiger charge is 2.27. The van der Waals surface area contributed by atoms with Crippen LogP contribution in [-0.4, -0.2) is 19.3 Å². The van der Waals surface area contributed by atoms with Crippen LogP contribution in [0.2, 0.25) is 0 Å². The van der Waals surface area contributed by atoms with Crippen molar-refractivity contribution in [3.63, 3.8) is 0 Å². The monoisotopic (exact) mass is 265 g/mol. The first-order chi connectivity index (χ1) is 9.24. The van der Waals surface area contributed by atoms with Gasteiger partial charge >= 0.3 is 0 Å². The first-order valence-corrected chi connectivity index (χ1v) is 7.35. The fourth-order valence-corrected chi connectivity index (χ4v) is 2.89. The lowest BCUT2D eigenvalue weighted by molar-refractivity contribution is 0.0865. The Kier molecular flexibility index (Phi) is 5.34. The molecule has 1 aliphatic heterocycles. The highest BCUT2D eigenvalue weighted by Crippen LogP contribution is 2.24. The molecule has 1 saturated heterocycles. The Hall–Kier alpha value is -0.930. The fraction of sp³-hybridized carbons (Fsp3) is 0.625. The van der Waals surface area contributed by atoms with Crippen LogP contribution in [0, 0.1) is 11.7 Å². The maximum Gasteiger partial charge on any atom is 0.123 e. The van der Waals surface area contributed by atoms with Gasteiger partial charge in [0, 0.05) is 19.2 Å². The zero-order valence-corrected chi connectivity index (χ0v) is 11.9. The van der Waals surface area contributed by atoms with E-state index in [1.165, 1.54) is 6.07 Å². The number of hydrogen-bond donors (Lipinski definition) is 1. The second-order valence-electron chi connectivity index (χ2n) is 5.29. The summed E-state index contributed by atoms with van der Waals surface area (Å²) in [6, 6.07) is 7.13. The van der Waals surface area contributed by atoms with Crippen molar-refractivity contribution in [1.82, 2.24) is 5.32 Å². The second kappa shape index (κ2) is 7.01. The topological polar surface area (TPSA) is 21.3 Å². The third-order valence-corrected chi connectivity index (χ3v) is 4.03. The van der Waals surface area contributed by atoms with E-state index in [2.05, 4.69) is 19.2 Å². The minimum atomic E-state index is -0.159. The van der Waals surface area contributed by atoms with Gasteiger partial charge < -0.3 is 10.1 Å². The number of benzene rings is 1. The van der Waals surface area contributed by atoms with Crippen molar-refractivity contribution in [3.8, 4) is 0 Å². The van der Waals surface area contributed by atoms with Crippen LogP contribution in [0.15, 0.2) is 24.3 Å². The Labute approximate surface area is 115 Å². The summed E-state index contributed by atoms with van der Waals surface area (Å²) < 4.78 is 19.0. The van der Waals surface area contributed by atoms with Crippen LogP contribution in [0.25, 0.3) is 0 Å². The van der Waals surface area contributed by atoms with Gasteiger partial charge in [-0.05, 0) is 42.9 Å². The summed E-state index contributed by atoms with van der Waals surface area (Å²) in [6.07, 6.45) is 3.56. The number of halogens is 1. The van der Waals surface area contributed by atoms with Gasteiger partial charge in [-0.2, -0.15) is 0 Å². The summed E-state index contributed by atoms with van der Waals surface area (Å²) in [5.74, 6) is 0.431. The average molecular weight is 265 g/mol. The minimum Gasteiger partial charge on any atom is -0.378 e. The summed E-state index contributed by atoms with van der Waals surface area (Å²) >= 11 is 0. The van der Waals surface area contributed by atoms with Crippen LogP contribution < -0.4 is 5.32 Å². The Morgan fingerprint density at radius 2 is 2.26 bits per heavy atom. The van der Waals surface area contributed by atoms with E-state index in [-0.39, 0.29) is 11.9 Å². The van der Waals surface area contributed by atoms with Crippen molar-refractivity contribution in [1.29, 1.82) is 0 Å². The number of ether oxygens (including phenoxy) is 1. The molecule has 0 amide bonds. The maximum absolute atomic E-state index is 13.3. The van der Waals surface area contributed by atoms with E-state index >= 15 is 0 Å². The third-order valence-electron chi connectivity index (χ3n) is 4.03. The minimum absolute atomic E-state index is 0.159. The first kappa shape index (κ1) is 14.5. The Balaban J connectivity index is 1.92. The number of hydrogen-bond acceptors (Lipinski definition) is 2. The van der Waals surface area contributed by atoms with E-state index in [0.717, 1.165) is 38.0 Å². The molecule has 0 radical (unpaired) electrons. The van der Waals surface area contributed by atoms with Crippen LogP contribution in [0.5, 0.6) is 0 Å². The maximum atomic E-state index is 13.3. The highest BCUT2D eigenvalue weighted by atomic mass is 19.1. The molecular weight excluding hydrogens is 241 g/mol. The molecule has 3 heteroatoms. The summed E-state index contributed by atoms with van der Waals surface area (Å²) in [4.78, 5) is 0. The van der Waals surface area contributed by atoms with Gasteiger partial charge in [-0.3, -0.25) is 0 Å². The van der Waals surface area contributed by atoms with Crippen molar-refractivity contribution >= 4 is 0 Å². The molecule has 0 aromatic heterocycles. The Bertz CT molecular complexity index is 396. The Morgan fingerprint density at radius 1 is 1.42 bits per heavy atom. The van der Waals surface area contributed by atoms with Crippen LogP contribution in [0.1, 0.15) is 44.7 Å². The SMILES string of the molecule is CCC(NCC1CCOC1CC)c1cccc(F)c1. The van der Waals surface area contributed by atoms with Gasteiger partial charge in [0.2, 0.25) is 0 Å². The predicted molar refractivity (Wildman–Crippen MR) is 75.6 cm³/mol. The molecule has 19 heavy (non-hydrogen) atoms. The standard InChI is InChI=1S/C16H24FNO/c1-3-15(12-6-5-7-14(17)10-12)18-11-13-8-9-19-16(13)4-2/h5-7,10,13,15-16,18H,3-4,8-9,11H2,1-2H3. The second-order valence-corrected chi connectivity index (χ2v) is 5.29. The number of rotatable bonds is 6.